The number of nitriles is 1. The second-order valence-corrected chi connectivity index (χ2v) is 3.26. The molecule has 0 unspecified atom stereocenters. The maximum absolute atomic E-state index is 12.4. The van der Waals surface area contributed by atoms with Crippen LogP contribution in [0.5, 0.6) is 0 Å². The van der Waals surface area contributed by atoms with Crippen LogP contribution >= 0.6 is 0 Å². The highest BCUT2D eigenvalue weighted by molar-refractivity contribution is 5.95. The second-order valence-electron chi connectivity index (χ2n) is 3.26. The van der Waals surface area contributed by atoms with Crippen LogP contribution in [0, 0.1) is 11.3 Å². The highest BCUT2D eigenvalue weighted by Gasteiger charge is 2.31. The number of carbonyl (C=O) groups excluding carboxylic acids is 1. The lowest BCUT2D eigenvalue weighted by atomic mass is 9.99. The SMILES string of the molecule is CC(=O)c1ccc(C(F)(F)F)cc1CC#N. The molecule has 0 aliphatic carbocycles. The van der Waals surface area contributed by atoms with E-state index in [1.807, 2.05) is 0 Å². The van der Waals surface area contributed by atoms with Crippen molar-refractivity contribution in [1.82, 2.24) is 0 Å². The predicted octanol–water partition coefficient (Wildman–Crippen LogP) is 2.97. The number of Topliss-reactive ketones (excluding diaryl/α,β-unsaturated/α-hetero) is 1. The normalized spacial score (nSPS) is 10.9. The van der Waals surface area contributed by atoms with Crippen LogP contribution < -0.4 is 0 Å². The van der Waals surface area contributed by atoms with Gasteiger partial charge in [0, 0.05) is 5.56 Å². The lowest BCUT2D eigenvalue weighted by Gasteiger charge is -2.10. The van der Waals surface area contributed by atoms with Crippen molar-refractivity contribution < 1.29 is 18.0 Å². The fraction of sp³-hybridized carbons (Fsp3) is 0.273. The van der Waals surface area contributed by atoms with E-state index >= 15 is 0 Å². The number of halogens is 3. The molecule has 0 fully saturated rings. The first-order valence-corrected chi connectivity index (χ1v) is 4.44. The lowest BCUT2D eigenvalue weighted by molar-refractivity contribution is -0.137. The van der Waals surface area contributed by atoms with Crippen LogP contribution in [0.25, 0.3) is 0 Å². The summed E-state index contributed by atoms with van der Waals surface area (Å²) in [5.74, 6) is -0.348. The van der Waals surface area contributed by atoms with Gasteiger partial charge in [-0.1, -0.05) is 6.07 Å². The molecule has 0 saturated heterocycles. The highest BCUT2D eigenvalue weighted by atomic mass is 19.4. The van der Waals surface area contributed by atoms with Crippen molar-refractivity contribution in [3.8, 4) is 6.07 Å². The lowest BCUT2D eigenvalue weighted by Crippen LogP contribution is -2.08. The summed E-state index contributed by atoms with van der Waals surface area (Å²) in [7, 11) is 0. The minimum absolute atomic E-state index is 0.116. The standard InChI is InChI=1S/C11H8F3NO/c1-7(16)10-3-2-9(11(12,13)14)6-8(10)4-5-15/h2-3,6H,4H2,1H3. The molecule has 5 heteroatoms. The molecule has 0 atom stereocenters. The maximum atomic E-state index is 12.4. The number of carbonyl (C=O) groups is 1. The van der Waals surface area contributed by atoms with E-state index in [0.29, 0.717) is 0 Å². The molecule has 16 heavy (non-hydrogen) atoms. The molecule has 0 heterocycles. The number of hydrogen-bond acceptors (Lipinski definition) is 2. The van der Waals surface area contributed by atoms with Crippen molar-refractivity contribution in [2.24, 2.45) is 0 Å². The third kappa shape index (κ3) is 2.60. The van der Waals surface area contributed by atoms with Crippen molar-refractivity contribution in [2.75, 3.05) is 0 Å². The minimum atomic E-state index is -4.46. The van der Waals surface area contributed by atoms with Crippen LogP contribution in [0.2, 0.25) is 0 Å². The number of nitrogens with zero attached hydrogens (tertiary/aromatic N) is 1. The van der Waals surface area contributed by atoms with Gasteiger partial charge in [-0.15, -0.1) is 0 Å². The van der Waals surface area contributed by atoms with Gasteiger partial charge in [-0.05, 0) is 24.6 Å². The molecule has 0 aliphatic rings. The van der Waals surface area contributed by atoms with Gasteiger partial charge in [0.15, 0.2) is 5.78 Å². The topological polar surface area (TPSA) is 40.9 Å². The number of benzene rings is 1. The van der Waals surface area contributed by atoms with Crippen molar-refractivity contribution >= 4 is 5.78 Å². The molecule has 84 valence electrons. The van der Waals surface area contributed by atoms with Crippen LogP contribution in [0.15, 0.2) is 18.2 Å². The summed E-state index contributed by atoms with van der Waals surface area (Å²) in [5.41, 5.74) is -0.567. The Hall–Kier alpha value is -1.83. The number of rotatable bonds is 2. The first-order valence-electron chi connectivity index (χ1n) is 4.44. The van der Waals surface area contributed by atoms with Crippen LogP contribution in [-0.2, 0) is 12.6 Å². The molecular weight excluding hydrogens is 219 g/mol. The Bertz CT molecular complexity index is 457. The zero-order chi connectivity index (χ0) is 12.3. The number of ketones is 1. The summed E-state index contributed by atoms with van der Waals surface area (Å²) in [6.45, 7) is 1.25. The summed E-state index contributed by atoms with van der Waals surface area (Å²) in [4.78, 5) is 11.1. The molecular formula is C11H8F3NO. The van der Waals surface area contributed by atoms with Crippen molar-refractivity contribution in [3.63, 3.8) is 0 Å². The van der Waals surface area contributed by atoms with Gasteiger partial charge in [0.1, 0.15) is 0 Å². The fourth-order valence-corrected chi connectivity index (χ4v) is 1.34. The van der Waals surface area contributed by atoms with Crippen molar-refractivity contribution in [3.05, 3.63) is 34.9 Å². The quantitative estimate of drug-likeness (QED) is 0.729. The molecule has 0 N–H and O–H groups in total. The van der Waals surface area contributed by atoms with Gasteiger partial charge in [0.05, 0.1) is 18.1 Å². The summed E-state index contributed by atoms with van der Waals surface area (Å²) in [6, 6.07) is 4.54. The summed E-state index contributed by atoms with van der Waals surface area (Å²) < 4.78 is 37.1. The molecule has 1 aromatic carbocycles. The third-order valence-electron chi connectivity index (χ3n) is 2.08. The van der Waals surface area contributed by atoms with Crippen molar-refractivity contribution in [2.45, 2.75) is 19.5 Å². The molecule has 0 amide bonds. The van der Waals surface area contributed by atoms with E-state index in [0.717, 1.165) is 18.2 Å². The first kappa shape index (κ1) is 12.2. The molecule has 0 spiro atoms. The molecule has 1 rings (SSSR count). The second kappa shape index (κ2) is 4.35. The van der Waals surface area contributed by atoms with Gasteiger partial charge in [0.2, 0.25) is 0 Å². The monoisotopic (exact) mass is 227 g/mol. The Morgan fingerprint density at radius 2 is 2.06 bits per heavy atom. The summed E-state index contributed by atoms with van der Waals surface area (Å²) >= 11 is 0. The number of alkyl halides is 3. The Morgan fingerprint density at radius 3 is 2.50 bits per heavy atom. The molecule has 0 saturated carbocycles. The van der Waals surface area contributed by atoms with Crippen LogP contribution in [0.3, 0.4) is 0 Å². The van der Waals surface area contributed by atoms with Crippen LogP contribution in [0.1, 0.15) is 28.4 Å². The van der Waals surface area contributed by atoms with Gasteiger partial charge in [-0.25, -0.2) is 0 Å². The summed E-state index contributed by atoms with van der Waals surface area (Å²) in [5, 5.41) is 8.48. The Balaban J connectivity index is 3.29. The average molecular weight is 227 g/mol. The zero-order valence-electron chi connectivity index (χ0n) is 8.43. The van der Waals surface area contributed by atoms with Gasteiger partial charge < -0.3 is 0 Å². The van der Waals surface area contributed by atoms with E-state index in [2.05, 4.69) is 0 Å². The molecule has 0 radical (unpaired) electrons. The van der Waals surface area contributed by atoms with E-state index < -0.39 is 11.7 Å². The molecule has 0 aliphatic heterocycles. The maximum Gasteiger partial charge on any atom is 0.416 e. The number of hydrogen-bond donors (Lipinski definition) is 0. The third-order valence-corrected chi connectivity index (χ3v) is 2.08. The fourth-order valence-electron chi connectivity index (χ4n) is 1.34. The molecule has 2 nitrogen and oxygen atoms in total. The van der Waals surface area contributed by atoms with Gasteiger partial charge in [-0.2, -0.15) is 18.4 Å². The van der Waals surface area contributed by atoms with Gasteiger partial charge >= 0.3 is 6.18 Å². The van der Waals surface area contributed by atoms with Crippen molar-refractivity contribution in [1.29, 1.82) is 5.26 Å². The Kier molecular flexibility index (Phi) is 3.33. The largest absolute Gasteiger partial charge is 0.416 e. The van der Waals surface area contributed by atoms with E-state index in [1.54, 1.807) is 6.07 Å². The zero-order valence-corrected chi connectivity index (χ0v) is 8.43. The van der Waals surface area contributed by atoms with E-state index in [1.165, 1.54) is 6.92 Å². The Labute approximate surface area is 90.3 Å². The average Bonchev–Trinajstić information content (AvgIpc) is 2.16. The molecule has 0 bridgehead atoms. The van der Waals surface area contributed by atoms with E-state index in [4.69, 9.17) is 5.26 Å². The summed E-state index contributed by atoms with van der Waals surface area (Å²) in [6.07, 6.45) is -4.67. The highest BCUT2D eigenvalue weighted by Crippen LogP contribution is 2.30. The van der Waals surface area contributed by atoms with E-state index in [9.17, 15) is 18.0 Å². The van der Waals surface area contributed by atoms with Crippen LogP contribution in [-0.4, -0.2) is 5.78 Å². The van der Waals surface area contributed by atoms with Crippen LogP contribution in [0.4, 0.5) is 13.2 Å². The minimum Gasteiger partial charge on any atom is -0.295 e. The van der Waals surface area contributed by atoms with E-state index in [-0.39, 0.29) is 23.3 Å². The van der Waals surface area contributed by atoms with Gasteiger partial charge in [0.25, 0.3) is 0 Å². The molecule has 1 aromatic rings. The first-order chi connectivity index (χ1) is 7.36. The predicted molar refractivity (Wildman–Crippen MR) is 50.8 cm³/mol. The molecule has 0 aromatic heterocycles. The smallest absolute Gasteiger partial charge is 0.295 e. The van der Waals surface area contributed by atoms with Gasteiger partial charge in [-0.3, -0.25) is 4.79 Å². The Morgan fingerprint density at radius 1 is 1.44 bits per heavy atom.